The van der Waals surface area contributed by atoms with Gasteiger partial charge in [0.05, 0.1) is 5.02 Å². The standard InChI is InChI=1S/C21H24Cl2FNO/c22-17-8-10-21(26-14-15-7-9-18(24)12-20(15)23)16(11-17)13-25-19-5-3-1-2-4-6-19/h7-12,19,25H,1-6,13-14H2. The van der Waals surface area contributed by atoms with E-state index in [2.05, 4.69) is 5.32 Å². The molecule has 0 heterocycles. The van der Waals surface area contributed by atoms with Crippen molar-refractivity contribution in [2.75, 3.05) is 0 Å². The van der Waals surface area contributed by atoms with Gasteiger partial charge in [0, 0.05) is 28.7 Å². The molecule has 3 rings (SSSR count). The lowest BCUT2D eigenvalue weighted by atomic mass is 10.1. The quantitative estimate of drug-likeness (QED) is 0.561. The normalized spacial score (nSPS) is 15.7. The predicted octanol–water partition coefficient (Wildman–Crippen LogP) is 6.52. The van der Waals surface area contributed by atoms with E-state index in [9.17, 15) is 4.39 Å². The molecule has 26 heavy (non-hydrogen) atoms. The predicted molar refractivity (Wildman–Crippen MR) is 106 cm³/mol. The fourth-order valence-electron chi connectivity index (χ4n) is 3.36. The van der Waals surface area contributed by atoms with Gasteiger partial charge in [-0.05, 0) is 43.2 Å². The van der Waals surface area contributed by atoms with Crippen molar-refractivity contribution in [1.82, 2.24) is 5.32 Å². The van der Waals surface area contributed by atoms with Crippen molar-refractivity contribution in [3.8, 4) is 5.75 Å². The zero-order chi connectivity index (χ0) is 18.4. The van der Waals surface area contributed by atoms with Crippen molar-refractivity contribution in [2.24, 2.45) is 0 Å². The molecule has 1 aliphatic rings. The highest BCUT2D eigenvalue weighted by molar-refractivity contribution is 6.31. The molecule has 2 aromatic rings. The molecule has 0 aromatic heterocycles. The van der Waals surface area contributed by atoms with Gasteiger partial charge < -0.3 is 10.1 Å². The van der Waals surface area contributed by atoms with Crippen LogP contribution in [0.3, 0.4) is 0 Å². The van der Waals surface area contributed by atoms with Gasteiger partial charge in [-0.2, -0.15) is 0 Å². The lowest BCUT2D eigenvalue weighted by Crippen LogP contribution is -2.28. The molecule has 140 valence electrons. The van der Waals surface area contributed by atoms with Crippen molar-refractivity contribution in [3.05, 3.63) is 63.4 Å². The third-order valence-corrected chi connectivity index (χ3v) is 5.44. The topological polar surface area (TPSA) is 21.3 Å². The zero-order valence-corrected chi connectivity index (χ0v) is 16.3. The fraction of sp³-hybridized carbons (Fsp3) is 0.429. The molecule has 0 saturated heterocycles. The molecule has 1 N–H and O–H groups in total. The lowest BCUT2D eigenvalue weighted by molar-refractivity contribution is 0.301. The van der Waals surface area contributed by atoms with Crippen LogP contribution in [0.1, 0.15) is 49.7 Å². The van der Waals surface area contributed by atoms with Gasteiger partial charge in [0.25, 0.3) is 0 Å². The van der Waals surface area contributed by atoms with Crippen LogP contribution in [0.4, 0.5) is 4.39 Å². The van der Waals surface area contributed by atoms with E-state index in [0.29, 0.717) is 16.1 Å². The van der Waals surface area contributed by atoms with Crippen LogP contribution in [-0.4, -0.2) is 6.04 Å². The first-order valence-electron chi connectivity index (χ1n) is 9.20. The van der Waals surface area contributed by atoms with E-state index in [1.165, 1.54) is 50.7 Å². The maximum absolute atomic E-state index is 13.2. The summed E-state index contributed by atoms with van der Waals surface area (Å²) in [7, 11) is 0. The molecule has 0 atom stereocenters. The third-order valence-electron chi connectivity index (χ3n) is 4.86. The number of halogens is 3. The summed E-state index contributed by atoms with van der Waals surface area (Å²) in [5, 5.41) is 4.71. The van der Waals surface area contributed by atoms with Gasteiger partial charge in [0.15, 0.2) is 0 Å². The number of benzene rings is 2. The SMILES string of the molecule is Fc1ccc(COc2ccc(Cl)cc2CNC2CCCCCC2)c(Cl)c1. The van der Waals surface area contributed by atoms with E-state index in [0.717, 1.165) is 23.4 Å². The van der Waals surface area contributed by atoms with Gasteiger partial charge in [-0.3, -0.25) is 0 Å². The first-order chi connectivity index (χ1) is 12.6. The minimum atomic E-state index is -0.349. The smallest absolute Gasteiger partial charge is 0.124 e. The Bertz CT molecular complexity index is 730. The van der Waals surface area contributed by atoms with Crippen LogP contribution in [0.5, 0.6) is 5.75 Å². The molecule has 0 aliphatic heterocycles. The highest BCUT2D eigenvalue weighted by Gasteiger charge is 2.13. The van der Waals surface area contributed by atoms with Crippen LogP contribution in [0.2, 0.25) is 10.0 Å². The summed E-state index contributed by atoms with van der Waals surface area (Å²) >= 11 is 12.3. The van der Waals surface area contributed by atoms with E-state index < -0.39 is 0 Å². The van der Waals surface area contributed by atoms with Crippen LogP contribution in [0.25, 0.3) is 0 Å². The van der Waals surface area contributed by atoms with Crippen molar-refractivity contribution in [1.29, 1.82) is 0 Å². The van der Waals surface area contributed by atoms with E-state index in [1.54, 1.807) is 6.07 Å². The lowest BCUT2D eigenvalue weighted by Gasteiger charge is -2.18. The molecule has 0 radical (unpaired) electrons. The molecule has 2 nitrogen and oxygen atoms in total. The Balaban J connectivity index is 1.65. The monoisotopic (exact) mass is 395 g/mol. The molecule has 5 heteroatoms. The van der Waals surface area contributed by atoms with Crippen LogP contribution < -0.4 is 10.1 Å². The molecule has 0 bridgehead atoms. The molecule has 1 fully saturated rings. The van der Waals surface area contributed by atoms with Crippen LogP contribution in [-0.2, 0) is 13.2 Å². The van der Waals surface area contributed by atoms with Gasteiger partial charge in [-0.15, -0.1) is 0 Å². The summed E-state index contributed by atoms with van der Waals surface area (Å²) in [6.07, 6.45) is 7.70. The van der Waals surface area contributed by atoms with Crippen molar-refractivity contribution < 1.29 is 9.13 Å². The number of hydrogen-bond acceptors (Lipinski definition) is 2. The van der Waals surface area contributed by atoms with Gasteiger partial charge in [0.2, 0.25) is 0 Å². The summed E-state index contributed by atoms with van der Waals surface area (Å²) in [4.78, 5) is 0. The first-order valence-corrected chi connectivity index (χ1v) is 9.96. The second-order valence-corrected chi connectivity index (χ2v) is 7.69. The van der Waals surface area contributed by atoms with Gasteiger partial charge in [0.1, 0.15) is 18.2 Å². The van der Waals surface area contributed by atoms with E-state index in [1.807, 2.05) is 18.2 Å². The Hall–Kier alpha value is -1.29. The molecule has 2 aromatic carbocycles. The van der Waals surface area contributed by atoms with Crippen LogP contribution >= 0.6 is 23.2 Å². The minimum absolute atomic E-state index is 0.289. The second-order valence-electron chi connectivity index (χ2n) is 6.85. The Kier molecular flexibility index (Phi) is 7.18. The Labute approximate surface area is 164 Å². The third kappa shape index (κ3) is 5.60. The maximum Gasteiger partial charge on any atom is 0.124 e. The highest BCUT2D eigenvalue weighted by atomic mass is 35.5. The number of rotatable bonds is 6. The fourth-order valence-corrected chi connectivity index (χ4v) is 3.78. The summed E-state index contributed by atoms with van der Waals surface area (Å²) in [6, 6.07) is 10.5. The van der Waals surface area contributed by atoms with Crippen LogP contribution in [0, 0.1) is 5.82 Å². The molecule has 0 amide bonds. The maximum atomic E-state index is 13.2. The van der Waals surface area contributed by atoms with Gasteiger partial charge in [-0.25, -0.2) is 4.39 Å². The number of ether oxygens (including phenoxy) is 1. The zero-order valence-electron chi connectivity index (χ0n) is 14.7. The van der Waals surface area contributed by atoms with Crippen LogP contribution in [0.15, 0.2) is 36.4 Å². The minimum Gasteiger partial charge on any atom is -0.489 e. The van der Waals surface area contributed by atoms with E-state index >= 15 is 0 Å². The first kappa shape index (κ1) is 19.5. The Morgan fingerprint density at radius 1 is 0.962 bits per heavy atom. The molecule has 0 spiro atoms. The van der Waals surface area contributed by atoms with Crippen molar-refractivity contribution >= 4 is 23.2 Å². The number of nitrogens with one attached hydrogen (secondary N) is 1. The molecule has 1 aliphatic carbocycles. The van der Waals surface area contributed by atoms with Crippen molar-refractivity contribution in [3.63, 3.8) is 0 Å². The summed E-state index contributed by atoms with van der Waals surface area (Å²) in [5.74, 6) is 0.425. The molecule has 1 saturated carbocycles. The van der Waals surface area contributed by atoms with Gasteiger partial charge >= 0.3 is 0 Å². The summed E-state index contributed by atoms with van der Waals surface area (Å²) in [6.45, 7) is 1.01. The Morgan fingerprint density at radius 2 is 1.73 bits per heavy atom. The van der Waals surface area contributed by atoms with Crippen molar-refractivity contribution in [2.45, 2.75) is 57.7 Å². The average Bonchev–Trinajstić information content (AvgIpc) is 2.89. The molecule has 0 unspecified atom stereocenters. The summed E-state index contributed by atoms with van der Waals surface area (Å²) in [5.41, 5.74) is 1.78. The van der Waals surface area contributed by atoms with E-state index in [4.69, 9.17) is 27.9 Å². The summed E-state index contributed by atoms with van der Waals surface area (Å²) < 4.78 is 19.1. The largest absolute Gasteiger partial charge is 0.489 e. The Morgan fingerprint density at radius 3 is 2.46 bits per heavy atom. The van der Waals surface area contributed by atoms with Gasteiger partial charge in [-0.1, -0.05) is 55.0 Å². The average molecular weight is 396 g/mol. The second kappa shape index (κ2) is 9.59. The number of hydrogen-bond donors (Lipinski definition) is 1. The molecular weight excluding hydrogens is 372 g/mol. The highest BCUT2D eigenvalue weighted by Crippen LogP contribution is 2.26. The molecular formula is C21H24Cl2FNO. The van der Waals surface area contributed by atoms with E-state index in [-0.39, 0.29) is 12.4 Å².